The van der Waals surface area contributed by atoms with E-state index < -0.39 is 101 Å². The van der Waals surface area contributed by atoms with Crippen LogP contribution in [0.4, 0.5) is 79.0 Å². The van der Waals surface area contributed by atoms with E-state index in [0.29, 0.717) is 12.1 Å². The third kappa shape index (κ3) is 13.9. The summed E-state index contributed by atoms with van der Waals surface area (Å²) in [6.07, 6.45) is -25.7. The molecule has 0 fully saturated rings. The Morgan fingerprint density at radius 2 is 0.640 bits per heavy atom. The number of aromatic nitrogens is 15. The number of pyridine rings is 3. The fourth-order valence-corrected chi connectivity index (χ4v) is 13.6. The highest BCUT2D eigenvalue weighted by atomic mass is 32.2. The Morgan fingerprint density at radius 1 is 0.340 bits per heavy atom. The van der Waals surface area contributed by atoms with Crippen LogP contribution >= 0.6 is 0 Å². The van der Waals surface area contributed by atoms with Crippen LogP contribution in [-0.2, 0) is 102 Å². The van der Waals surface area contributed by atoms with Crippen LogP contribution in [0.25, 0.3) is 100 Å². The van der Waals surface area contributed by atoms with Crippen molar-refractivity contribution in [1.29, 1.82) is 0 Å². The summed E-state index contributed by atoms with van der Waals surface area (Å²) < 4.78 is 319. The zero-order valence-electron chi connectivity index (χ0n) is 50.8. The molecule has 538 valence electrons. The molecule has 0 amide bonds. The van der Waals surface area contributed by atoms with Crippen molar-refractivity contribution in [3.8, 4) is 34.2 Å². The van der Waals surface area contributed by atoms with E-state index in [1.165, 1.54) is 61.7 Å². The number of halogens is 18. The van der Waals surface area contributed by atoms with Gasteiger partial charge in [-0.2, -0.15) is 79.0 Å². The Balaban J connectivity index is 0.000000189. The minimum absolute atomic E-state index is 0. The quantitative estimate of drug-likeness (QED) is 0.132. The number of fused-ring (bicyclic) bond motifs is 6. The van der Waals surface area contributed by atoms with Crippen molar-refractivity contribution >= 4 is 95.7 Å². The molecule has 12 aromatic rings. The summed E-state index contributed by atoms with van der Waals surface area (Å²) in [7, 11) is -5.35. The van der Waals surface area contributed by atoms with Gasteiger partial charge < -0.3 is 27.8 Å². The van der Waals surface area contributed by atoms with Crippen LogP contribution in [0.5, 0.6) is 0 Å². The fraction of sp³-hybridized carbons (Fsp3) is 0.328. The van der Waals surface area contributed by atoms with Crippen molar-refractivity contribution < 1.29 is 104 Å². The molecule has 0 aliphatic carbocycles. The average Bonchev–Trinajstić information content (AvgIpc) is 1.57. The van der Waals surface area contributed by atoms with Crippen LogP contribution in [0.15, 0.2) is 87.9 Å². The topological polar surface area (TPSA) is 259 Å². The van der Waals surface area contributed by atoms with E-state index in [0.717, 1.165) is 78.2 Å². The maximum atomic E-state index is 13.3. The molecule has 0 aliphatic rings. The summed E-state index contributed by atoms with van der Waals surface area (Å²) in [6, 6.07) is 8.72. The molecule has 100 heavy (non-hydrogen) atoms. The van der Waals surface area contributed by atoms with Crippen molar-refractivity contribution in [2.75, 3.05) is 17.3 Å². The molecule has 0 spiro atoms. The molecule has 0 aliphatic heterocycles. The minimum atomic E-state index is -4.79. The first-order chi connectivity index (χ1) is 45.0. The van der Waals surface area contributed by atoms with Gasteiger partial charge in [0.05, 0.1) is 117 Å². The van der Waals surface area contributed by atoms with Gasteiger partial charge >= 0.3 is 37.1 Å². The first kappa shape index (κ1) is 76.3. The maximum absolute atomic E-state index is 13.3. The lowest BCUT2D eigenvalue weighted by atomic mass is 10.2. The van der Waals surface area contributed by atoms with Gasteiger partial charge in [0.1, 0.15) is 34.6 Å². The normalized spacial score (nSPS) is 13.1. The van der Waals surface area contributed by atoms with Gasteiger partial charge in [0.25, 0.3) is 0 Å². The molecule has 42 heteroatoms. The fourth-order valence-electron chi connectivity index (χ4n) is 10.3. The zero-order valence-corrected chi connectivity index (χ0v) is 53.2. The second kappa shape index (κ2) is 25.6. The molecule has 0 atom stereocenters. The van der Waals surface area contributed by atoms with Crippen molar-refractivity contribution in [2.24, 2.45) is 35.2 Å². The molecule has 0 radical (unpaired) electrons. The van der Waals surface area contributed by atoms with E-state index in [2.05, 4.69) is 49.8 Å². The van der Waals surface area contributed by atoms with Crippen LogP contribution in [0.1, 0.15) is 70.2 Å². The number of nitrogens with one attached hydrogen (secondary N) is 1. The average molecular weight is 1490 g/mol. The summed E-state index contributed by atoms with van der Waals surface area (Å²) >= 11 is 0. The van der Waals surface area contributed by atoms with Crippen LogP contribution in [0.2, 0.25) is 0 Å². The first-order valence-corrected chi connectivity index (χ1v) is 32.6. The summed E-state index contributed by atoms with van der Waals surface area (Å²) in [4.78, 5) is 34.3. The predicted molar refractivity (Wildman–Crippen MR) is 327 cm³/mol. The molecule has 1 N–H and O–H groups in total. The van der Waals surface area contributed by atoms with E-state index in [1.54, 1.807) is 0 Å². The van der Waals surface area contributed by atoms with Crippen molar-refractivity contribution in [3.05, 3.63) is 108 Å². The standard InChI is InChI=1S/2C19H15F6N5O2S.C18H13F6N5O2S.2CH4/c1-4-33(31,32)14-6-10-12(30(3)17(28-10)19(23,24)25)5-9(14)16-27-11-7-15(18(20,21)22)26-8-13(11)29(16)2;1-4-33(31,32)14-7-12-10(28-17(30(12)3)19(23,24)25)5-9(14)16-27-11-6-15(18(20,21)22)26-8-13(11)29(16)2;1-3-32(30,31)13-5-10-9(27-16(28-10)18(22,23)24)4-8(13)15-26-11-6-14(17(19,20)21)25-7-12(11)29(15)2;;/h2*5-8H,4H2,1-3H3;4-7H,3H2,1-2H3,(H,27,28);2*1H4. The monoisotopic (exact) mass is 1490 g/mol. The van der Waals surface area contributed by atoms with Gasteiger partial charge in [0.2, 0.25) is 17.5 Å². The lowest BCUT2D eigenvalue weighted by Gasteiger charge is -2.11. The molecule has 0 bridgehead atoms. The van der Waals surface area contributed by atoms with E-state index >= 15 is 0 Å². The number of rotatable bonds is 9. The highest BCUT2D eigenvalue weighted by Gasteiger charge is 2.41. The van der Waals surface area contributed by atoms with Gasteiger partial charge in [-0.1, -0.05) is 35.6 Å². The van der Waals surface area contributed by atoms with Gasteiger partial charge in [-0.3, -0.25) is 0 Å². The molecule has 9 aromatic heterocycles. The zero-order chi connectivity index (χ0) is 72.7. The van der Waals surface area contributed by atoms with Gasteiger partial charge in [-0.15, -0.1) is 0 Å². The molecule has 12 rings (SSSR count). The lowest BCUT2D eigenvalue weighted by Crippen LogP contribution is -2.12. The maximum Gasteiger partial charge on any atom is 0.449 e. The number of hydrogen-bond acceptors (Lipinski definition) is 15. The summed E-state index contributed by atoms with van der Waals surface area (Å²) in [5, 5.41) is 0. The Labute approximate surface area is 552 Å². The third-order valence-electron chi connectivity index (χ3n) is 15.4. The minimum Gasteiger partial charge on any atom is -0.334 e. The van der Waals surface area contributed by atoms with Crippen LogP contribution in [0, 0.1) is 0 Å². The number of aromatic amines is 1. The Morgan fingerprint density at radius 3 is 0.970 bits per heavy atom. The lowest BCUT2D eigenvalue weighted by molar-refractivity contribution is -0.147. The van der Waals surface area contributed by atoms with Crippen LogP contribution in [-0.4, -0.2) is 115 Å². The van der Waals surface area contributed by atoms with E-state index in [4.69, 9.17) is 0 Å². The molecule has 0 saturated carbocycles. The number of sulfone groups is 3. The summed E-state index contributed by atoms with van der Waals surface area (Å²) in [6.45, 7) is 4.07. The first-order valence-electron chi connectivity index (χ1n) is 27.7. The van der Waals surface area contributed by atoms with E-state index in [1.807, 2.05) is 0 Å². The number of benzene rings is 3. The Bertz CT molecular complexity index is 5570. The summed E-state index contributed by atoms with van der Waals surface area (Å²) in [5.41, 5.74) is -4.34. The molecule has 0 saturated heterocycles. The molecule has 3 aromatic carbocycles. The predicted octanol–water partition coefficient (Wildman–Crippen LogP) is 14.3. The number of hydrogen-bond donors (Lipinski definition) is 1. The third-order valence-corrected chi connectivity index (χ3v) is 20.7. The van der Waals surface area contributed by atoms with E-state index in [9.17, 15) is 104 Å². The smallest absolute Gasteiger partial charge is 0.334 e. The molecular formula is C58H51F18N15O6S3. The molecule has 0 unspecified atom stereocenters. The second-order valence-corrected chi connectivity index (χ2v) is 28.2. The second-order valence-electron chi connectivity index (χ2n) is 21.5. The van der Waals surface area contributed by atoms with Gasteiger partial charge in [0, 0.05) is 51.9 Å². The largest absolute Gasteiger partial charge is 0.449 e. The van der Waals surface area contributed by atoms with Crippen LogP contribution in [0.3, 0.4) is 0 Å². The van der Waals surface area contributed by atoms with E-state index in [-0.39, 0.29) is 147 Å². The number of aryl methyl sites for hydroxylation is 5. The van der Waals surface area contributed by atoms with Crippen molar-refractivity contribution in [1.82, 2.24) is 72.7 Å². The molecular weight excluding hydrogens is 1440 g/mol. The van der Waals surface area contributed by atoms with Gasteiger partial charge in [-0.25, -0.2) is 70.1 Å². The van der Waals surface area contributed by atoms with Crippen molar-refractivity contribution in [3.63, 3.8) is 0 Å². The number of imidazole rings is 6. The summed E-state index contributed by atoms with van der Waals surface area (Å²) in [5.74, 6) is -5.02. The SMILES string of the molecule is C.C.CCS(=O)(=O)c1cc2[nH]c(C(F)(F)F)nc2cc1-c1nc2cc(C(F)(F)F)ncc2n1C.CCS(=O)(=O)c1cc2c(cc1-c1nc3cc(C(F)(F)F)ncc3n1C)nc(C(F)(F)F)n2C.CCS(=O)(=O)c1cc2nc(C(F)(F)F)n(C)c2cc1-c1nc2cc(C(F)(F)F)ncc2n1C. The van der Waals surface area contributed by atoms with Gasteiger partial charge in [0.15, 0.2) is 29.5 Å². The number of alkyl halides is 18. The number of H-pyrrole nitrogens is 1. The highest BCUT2D eigenvalue weighted by molar-refractivity contribution is 7.92. The van der Waals surface area contributed by atoms with Crippen molar-refractivity contribution in [2.45, 2.75) is 87.4 Å². The van der Waals surface area contributed by atoms with Gasteiger partial charge in [-0.05, 0) is 54.6 Å². The Kier molecular flexibility index (Phi) is 19.5. The molecule has 9 heterocycles. The van der Waals surface area contributed by atoms with Crippen LogP contribution < -0.4 is 0 Å². The highest BCUT2D eigenvalue weighted by Crippen LogP contribution is 2.42. The Hall–Kier alpha value is -9.48. The number of nitrogens with zero attached hydrogens (tertiary/aromatic N) is 14. The molecule has 21 nitrogen and oxygen atoms in total.